The molecule has 2 spiro atoms. The maximum atomic E-state index is 13.5. The second kappa shape index (κ2) is 3.21. The molecule has 6 saturated carbocycles. The van der Waals surface area contributed by atoms with E-state index in [-0.39, 0.29) is 45.8 Å². The summed E-state index contributed by atoms with van der Waals surface area (Å²) >= 11 is 0. The van der Waals surface area contributed by atoms with Crippen LogP contribution in [-0.2, 0) is 9.59 Å². The lowest BCUT2D eigenvalue weighted by Crippen LogP contribution is -2.66. The zero-order chi connectivity index (χ0) is 16.4. The number of Topliss-reactive ketones (excluding diaryl/α,β-unsaturated/α-hetero) is 2. The molecule has 1 N–H and O–H groups in total. The van der Waals surface area contributed by atoms with Crippen LogP contribution in [-0.4, -0.2) is 46.3 Å². The Morgan fingerprint density at radius 3 is 2.83 bits per heavy atom. The Bertz CT molecular complexity index is 790. The smallest absolute Gasteiger partial charge is 0.146 e. The van der Waals surface area contributed by atoms with Gasteiger partial charge in [0.05, 0.1) is 12.0 Å². The predicted octanol–water partition coefficient (Wildman–Crippen LogP) is 1.18. The van der Waals surface area contributed by atoms with Crippen LogP contribution in [0.1, 0.15) is 32.6 Å². The molecule has 0 aromatic heterocycles. The molecule has 3 aliphatic heterocycles. The first kappa shape index (κ1) is 13.2. The average molecular weight is 325 g/mol. The minimum Gasteiger partial charge on any atom is -0.392 e. The van der Waals surface area contributed by atoms with Gasteiger partial charge in [-0.2, -0.15) is 0 Å². The van der Waals surface area contributed by atoms with Crippen molar-refractivity contribution in [3.63, 3.8) is 0 Å². The van der Waals surface area contributed by atoms with E-state index in [0.717, 1.165) is 25.0 Å². The third-order valence-electron chi connectivity index (χ3n) is 9.70. The van der Waals surface area contributed by atoms with Crippen molar-refractivity contribution in [1.29, 1.82) is 0 Å². The van der Waals surface area contributed by atoms with Crippen molar-refractivity contribution in [3.8, 4) is 0 Å². The van der Waals surface area contributed by atoms with Crippen molar-refractivity contribution in [2.45, 2.75) is 50.8 Å². The van der Waals surface area contributed by atoms with Crippen LogP contribution in [0.15, 0.2) is 12.2 Å². The van der Waals surface area contributed by atoms with Gasteiger partial charge in [-0.05, 0) is 29.6 Å². The van der Waals surface area contributed by atoms with E-state index in [1.54, 1.807) is 0 Å². The number of carbonyl (C=O) groups is 2. The van der Waals surface area contributed by atoms with Gasteiger partial charge < -0.3 is 5.11 Å². The maximum Gasteiger partial charge on any atom is 0.146 e. The molecule has 9 bridgehead atoms. The van der Waals surface area contributed by atoms with Gasteiger partial charge in [0.25, 0.3) is 0 Å². The van der Waals surface area contributed by atoms with Crippen LogP contribution in [0.3, 0.4) is 0 Å². The molecule has 24 heavy (non-hydrogen) atoms. The SMILES string of the molecule is C=C1C[C@@]23CC4C5[C@@]6(C)CC(=O)C[C@@]57C2C(=O)[C@@H]1[C@@H](O)[C@H]3[C@H]7N4C6. The number of fused-ring (bicyclic) bond motifs is 1. The highest BCUT2D eigenvalue weighted by Crippen LogP contribution is 2.86. The molecule has 0 amide bonds. The molecule has 3 saturated heterocycles. The topological polar surface area (TPSA) is 57.6 Å². The summed E-state index contributed by atoms with van der Waals surface area (Å²) in [5, 5.41) is 11.1. The normalized spacial score (nSPS) is 70.0. The minimum atomic E-state index is -0.567. The maximum absolute atomic E-state index is 13.5. The van der Waals surface area contributed by atoms with E-state index >= 15 is 0 Å². The van der Waals surface area contributed by atoms with E-state index in [9.17, 15) is 14.7 Å². The van der Waals surface area contributed by atoms with Crippen LogP contribution < -0.4 is 0 Å². The Hall–Kier alpha value is -1.00. The van der Waals surface area contributed by atoms with Gasteiger partial charge >= 0.3 is 0 Å². The van der Waals surface area contributed by atoms with Crippen LogP contribution in [0, 0.1) is 39.9 Å². The average Bonchev–Trinajstić information content (AvgIpc) is 2.88. The molecule has 9 rings (SSSR count). The van der Waals surface area contributed by atoms with Crippen molar-refractivity contribution in [1.82, 2.24) is 4.90 Å². The van der Waals surface area contributed by atoms with E-state index in [1.807, 2.05) is 0 Å². The number of aliphatic hydroxyl groups is 1. The fourth-order valence-electron chi connectivity index (χ4n) is 10.1. The fourth-order valence-corrected chi connectivity index (χ4v) is 10.1. The van der Waals surface area contributed by atoms with Crippen LogP contribution in [0.5, 0.6) is 0 Å². The number of aliphatic hydroxyl groups excluding tert-OH is 1. The summed E-state index contributed by atoms with van der Waals surface area (Å²) in [5.74, 6) is 0.920. The highest BCUT2D eigenvalue weighted by Gasteiger charge is 2.90. The summed E-state index contributed by atoms with van der Waals surface area (Å²) in [6.07, 6.45) is 2.67. The van der Waals surface area contributed by atoms with Gasteiger partial charge in [-0.3, -0.25) is 14.5 Å². The molecule has 0 aromatic carbocycles. The molecule has 9 aliphatic rings. The van der Waals surface area contributed by atoms with E-state index < -0.39 is 6.10 Å². The largest absolute Gasteiger partial charge is 0.392 e. The van der Waals surface area contributed by atoms with Crippen LogP contribution in [0.4, 0.5) is 0 Å². The summed E-state index contributed by atoms with van der Waals surface area (Å²) in [5.41, 5.74) is 0.763. The fraction of sp³-hybridized carbons (Fsp3) is 0.800. The lowest BCUT2D eigenvalue weighted by atomic mass is 9.40. The molecule has 0 aromatic rings. The number of hydrogen-bond acceptors (Lipinski definition) is 4. The van der Waals surface area contributed by atoms with E-state index in [2.05, 4.69) is 18.4 Å². The zero-order valence-corrected chi connectivity index (χ0v) is 14.0. The Morgan fingerprint density at radius 2 is 2.04 bits per heavy atom. The number of nitrogens with zero attached hydrogens (tertiary/aromatic N) is 1. The van der Waals surface area contributed by atoms with Crippen LogP contribution in [0.25, 0.3) is 0 Å². The second-order valence-corrected chi connectivity index (χ2v) is 10.4. The first-order chi connectivity index (χ1) is 11.4. The number of rotatable bonds is 0. The van der Waals surface area contributed by atoms with E-state index in [1.165, 1.54) is 0 Å². The van der Waals surface area contributed by atoms with Crippen LogP contribution >= 0.6 is 0 Å². The van der Waals surface area contributed by atoms with Crippen LogP contribution in [0.2, 0.25) is 0 Å². The van der Waals surface area contributed by atoms with Gasteiger partial charge in [0.15, 0.2) is 0 Å². The van der Waals surface area contributed by atoms with Gasteiger partial charge in [-0.15, -0.1) is 0 Å². The summed E-state index contributed by atoms with van der Waals surface area (Å²) in [4.78, 5) is 28.9. The molecule has 9 fully saturated rings. The molecule has 4 unspecified atom stereocenters. The quantitative estimate of drug-likeness (QED) is 0.680. The lowest BCUT2D eigenvalue weighted by Gasteiger charge is -2.62. The summed E-state index contributed by atoms with van der Waals surface area (Å²) in [7, 11) is 0. The van der Waals surface area contributed by atoms with Crippen molar-refractivity contribution >= 4 is 11.6 Å². The summed E-state index contributed by atoms with van der Waals surface area (Å²) in [6, 6.07) is 0.795. The van der Waals surface area contributed by atoms with E-state index in [4.69, 9.17) is 0 Å². The van der Waals surface area contributed by atoms with Gasteiger partial charge in [0.2, 0.25) is 0 Å². The molecule has 11 atom stereocenters. The highest BCUT2D eigenvalue weighted by molar-refractivity contribution is 5.94. The number of piperidine rings is 2. The third kappa shape index (κ3) is 0.911. The molecule has 4 nitrogen and oxygen atoms in total. The van der Waals surface area contributed by atoms with Gasteiger partial charge in [0, 0.05) is 48.7 Å². The van der Waals surface area contributed by atoms with Crippen molar-refractivity contribution in [2.24, 2.45) is 39.9 Å². The van der Waals surface area contributed by atoms with Crippen molar-refractivity contribution < 1.29 is 14.7 Å². The van der Waals surface area contributed by atoms with Gasteiger partial charge in [0.1, 0.15) is 11.6 Å². The van der Waals surface area contributed by atoms with Crippen molar-refractivity contribution in [3.05, 3.63) is 12.2 Å². The first-order valence-corrected chi connectivity index (χ1v) is 9.52. The molecule has 0 radical (unpaired) electrons. The molecule has 6 aliphatic carbocycles. The third-order valence-corrected chi connectivity index (χ3v) is 9.70. The molecule has 126 valence electrons. The first-order valence-electron chi connectivity index (χ1n) is 9.52. The van der Waals surface area contributed by atoms with Gasteiger partial charge in [-0.1, -0.05) is 19.1 Å². The molecule has 3 heterocycles. The Kier molecular flexibility index (Phi) is 1.77. The Labute approximate surface area is 141 Å². The number of hydrogen-bond donors (Lipinski definition) is 1. The van der Waals surface area contributed by atoms with Gasteiger partial charge in [-0.25, -0.2) is 0 Å². The predicted molar refractivity (Wildman–Crippen MR) is 84.8 cm³/mol. The second-order valence-electron chi connectivity index (χ2n) is 10.4. The monoisotopic (exact) mass is 325 g/mol. The number of ketones is 2. The van der Waals surface area contributed by atoms with Crippen molar-refractivity contribution in [2.75, 3.05) is 6.54 Å². The lowest BCUT2D eigenvalue weighted by molar-refractivity contribution is -0.174. The summed E-state index contributed by atoms with van der Waals surface area (Å²) in [6.45, 7) is 7.46. The standard InChI is InChI=1S/C20H23NO3/c1-8-3-19-6-10-15-18(2)4-9(22)5-20(15)16(19)14(24)11(8)13(23)12(19)17(20)21(10)7-18/h10-13,15-17,23H,1,3-7H2,2H3/t10?,11-,12-,13+,15?,16?,17+,18-,19-,20-/m0/s1. The Balaban J connectivity index is 1.57. The molecular weight excluding hydrogens is 302 g/mol. The number of carbonyl (C=O) groups excluding carboxylic acids is 2. The Morgan fingerprint density at radius 1 is 1.25 bits per heavy atom. The zero-order valence-electron chi connectivity index (χ0n) is 14.0. The highest BCUT2D eigenvalue weighted by atomic mass is 16.3. The summed E-state index contributed by atoms with van der Waals surface area (Å²) < 4.78 is 0. The van der Waals surface area contributed by atoms with E-state index in [0.29, 0.717) is 30.6 Å². The minimum absolute atomic E-state index is 0.00836. The molecule has 4 heteroatoms. The molecular formula is C20H23NO3.